The first kappa shape index (κ1) is 21.9. The molecular weight excluding hydrogens is 318 g/mol. The van der Waals surface area contributed by atoms with E-state index in [1.165, 1.54) is 0 Å². The summed E-state index contributed by atoms with van der Waals surface area (Å²) in [6.45, 7) is 2.25. The number of rotatable bonds is 4. The molecule has 0 amide bonds. The quantitative estimate of drug-likeness (QED) is 0.288. The largest absolute Gasteiger partial charge is 0.396 e. The fraction of sp³-hybridized carbons (Fsp3) is 1.00. The van der Waals surface area contributed by atoms with Crippen molar-refractivity contribution in [2.24, 2.45) is 10.8 Å². The van der Waals surface area contributed by atoms with Crippen molar-refractivity contribution >= 4 is 15.7 Å². The highest BCUT2D eigenvalue weighted by atomic mass is 16.5. The summed E-state index contributed by atoms with van der Waals surface area (Å²) in [7, 11) is 10.8. The highest BCUT2D eigenvalue weighted by molar-refractivity contribution is 6.12. The third-order valence-corrected chi connectivity index (χ3v) is 5.10. The monoisotopic (exact) mass is 344 g/mol. The molecule has 0 saturated carbocycles. The second-order valence-corrected chi connectivity index (χ2v) is 6.76. The van der Waals surface area contributed by atoms with Crippen molar-refractivity contribution < 1.29 is 40.1 Å². The molecule has 2 heterocycles. The number of ether oxygens (including phenoxy) is 2. The summed E-state index contributed by atoms with van der Waals surface area (Å²) < 4.78 is 10.1. The summed E-state index contributed by atoms with van der Waals surface area (Å²) in [5.74, 6) is 0. The van der Waals surface area contributed by atoms with E-state index >= 15 is 0 Å². The Balaban J connectivity index is 0.000000240. The van der Waals surface area contributed by atoms with Crippen LogP contribution >= 0.6 is 0 Å². The fourth-order valence-electron chi connectivity index (χ4n) is 2.86. The Labute approximate surface area is 144 Å². The third kappa shape index (κ3) is 3.81. The Kier molecular flexibility index (Phi) is 7.70. The molecule has 0 spiro atoms. The van der Waals surface area contributed by atoms with Gasteiger partial charge in [0.05, 0.1) is 50.8 Å². The van der Waals surface area contributed by atoms with Crippen molar-refractivity contribution in [2.75, 3.05) is 26.4 Å². The van der Waals surface area contributed by atoms with Crippen molar-refractivity contribution in [2.45, 2.75) is 50.3 Å². The molecule has 24 heavy (non-hydrogen) atoms. The van der Waals surface area contributed by atoms with Crippen LogP contribution in [0.1, 0.15) is 13.8 Å². The molecular formula is C14H26B2O8. The average Bonchev–Trinajstić information content (AvgIpc) is 2.95. The van der Waals surface area contributed by atoms with Crippen molar-refractivity contribution in [1.29, 1.82) is 0 Å². The molecule has 2 fully saturated rings. The summed E-state index contributed by atoms with van der Waals surface area (Å²) in [5.41, 5.74) is -1.71. The summed E-state index contributed by atoms with van der Waals surface area (Å²) in [5, 5.41) is 54.7. The van der Waals surface area contributed by atoms with Gasteiger partial charge in [-0.25, -0.2) is 0 Å². The van der Waals surface area contributed by atoms with E-state index in [0.29, 0.717) is 0 Å². The molecule has 10 heteroatoms. The second-order valence-electron chi connectivity index (χ2n) is 6.76. The minimum absolute atomic E-state index is 0.248. The van der Waals surface area contributed by atoms with Crippen LogP contribution in [0, 0.1) is 10.8 Å². The van der Waals surface area contributed by atoms with Gasteiger partial charge < -0.3 is 40.1 Å². The third-order valence-electron chi connectivity index (χ3n) is 5.10. The van der Waals surface area contributed by atoms with Crippen LogP contribution in [0.25, 0.3) is 0 Å². The van der Waals surface area contributed by atoms with E-state index in [2.05, 4.69) is 0 Å². The van der Waals surface area contributed by atoms with E-state index < -0.39 is 47.3 Å². The van der Waals surface area contributed by atoms with Crippen LogP contribution in [-0.2, 0) is 9.47 Å². The standard InChI is InChI=1S/2C7H13BO4/c2*1-7(3-10)4(2-9)12-6(8)5(7)11/h2*4-6,9-11H,2-3H2,1H3/t4?,5-,6+,7+;4?,5-,6+,7-/m01/s1. The lowest BCUT2D eigenvalue weighted by Crippen LogP contribution is -2.43. The van der Waals surface area contributed by atoms with Crippen molar-refractivity contribution in [3.63, 3.8) is 0 Å². The first-order valence-corrected chi connectivity index (χ1v) is 7.74. The maximum absolute atomic E-state index is 9.50. The molecule has 8 atom stereocenters. The van der Waals surface area contributed by atoms with Gasteiger partial charge in [0.15, 0.2) is 0 Å². The molecule has 0 aliphatic carbocycles. The second kappa shape index (κ2) is 8.46. The van der Waals surface area contributed by atoms with Crippen LogP contribution in [0.3, 0.4) is 0 Å². The van der Waals surface area contributed by atoms with Crippen LogP contribution in [0.2, 0.25) is 0 Å². The highest BCUT2D eigenvalue weighted by Gasteiger charge is 2.51. The van der Waals surface area contributed by atoms with E-state index in [4.69, 9.17) is 45.6 Å². The lowest BCUT2D eigenvalue weighted by atomic mass is 9.76. The summed E-state index contributed by atoms with van der Waals surface area (Å²) >= 11 is 0. The molecule has 2 unspecified atom stereocenters. The first-order chi connectivity index (χ1) is 11.1. The normalized spacial score (nSPS) is 48.2. The molecule has 4 radical (unpaired) electrons. The van der Waals surface area contributed by atoms with E-state index in [-0.39, 0.29) is 26.4 Å². The lowest BCUT2D eigenvalue weighted by molar-refractivity contribution is -0.0301. The van der Waals surface area contributed by atoms with Gasteiger partial charge in [-0.3, -0.25) is 0 Å². The topological polar surface area (TPSA) is 140 Å². The molecule has 2 aliphatic heterocycles. The summed E-state index contributed by atoms with van der Waals surface area (Å²) in [6.07, 6.45) is -3.04. The number of aliphatic hydroxyl groups excluding tert-OH is 6. The Hall–Kier alpha value is -0.190. The molecule has 0 aromatic heterocycles. The van der Waals surface area contributed by atoms with Crippen molar-refractivity contribution in [3.8, 4) is 0 Å². The van der Waals surface area contributed by atoms with Gasteiger partial charge >= 0.3 is 0 Å². The lowest BCUT2D eigenvalue weighted by Gasteiger charge is -2.29. The number of aliphatic hydroxyl groups is 6. The Bertz CT molecular complexity index is 367. The number of hydrogen-bond donors (Lipinski definition) is 6. The SMILES string of the molecule is [B][C@@H]1OC(CO)[C@@](C)(CO)[C@H]1O.[B][C@H]1OC(CO)[C@@](C)(CO)[C@@H]1O. The van der Waals surface area contributed by atoms with Crippen LogP contribution in [0.15, 0.2) is 0 Å². The Morgan fingerprint density at radius 1 is 0.750 bits per heavy atom. The zero-order chi connectivity index (χ0) is 18.7. The minimum atomic E-state index is -0.931. The first-order valence-electron chi connectivity index (χ1n) is 7.74. The molecule has 2 aliphatic rings. The molecule has 2 rings (SSSR count). The molecule has 6 N–H and O–H groups in total. The zero-order valence-corrected chi connectivity index (χ0v) is 13.9. The van der Waals surface area contributed by atoms with Crippen LogP contribution in [-0.4, -0.2) is 109 Å². The van der Waals surface area contributed by atoms with E-state index in [1.807, 2.05) is 0 Å². The van der Waals surface area contributed by atoms with Crippen molar-refractivity contribution in [3.05, 3.63) is 0 Å². The zero-order valence-electron chi connectivity index (χ0n) is 13.9. The molecule has 0 aromatic carbocycles. The van der Waals surface area contributed by atoms with Gasteiger partial charge in [-0.2, -0.15) is 0 Å². The van der Waals surface area contributed by atoms with E-state index in [1.54, 1.807) is 13.8 Å². The predicted molar refractivity (Wildman–Crippen MR) is 85.4 cm³/mol. The molecule has 8 nitrogen and oxygen atoms in total. The predicted octanol–water partition coefficient (Wildman–Crippen LogP) is -3.54. The van der Waals surface area contributed by atoms with Gasteiger partial charge in [0.2, 0.25) is 0 Å². The van der Waals surface area contributed by atoms with E-state index in [9.17, 15) is 10.2 Å². The van der Waals surface area contributed by atoms with Gasteiger partial charge in [0.25, 0.3) is 0 Å². The van der Waals surface area contributed by atoms with Crippen molar-refractivity contribution in [1.82, 2.24) is 0 Å². The average molecular weight is 344 g/mol. The summed E-state index contributed by atoms with van der Waals surface area (Å²) in [6, 6.07) is -1.64. The van der Waals surface area contributed by atoms with Gasteiger partial charge in [-0.05, 0) is 0 Å². The van der Waals surface area contributed by atoms with Crippen LogP contribution in [0.5, 0.6) is 0 Å². The fourth-order valence-corrected chi connectivity index (χ4v) is 2.86. The van der Waals surface area contributed by atoms with Crippen LogP contribution < -0.4 is 0 Å². The maximum Gasteiger partial charge on any atom is 0.112 e. The van der Waals surface area contributed by atoms with Gasteiger partial charge in [0, 0.05) is 22.8 Å². The molecule has 0 bridgehead atoms. The Morgan fingerprint density at radius 3 is 1.21 bits per heavy atom. The molecule has 136 valence electrons. The maximum atomic E-state index is 9.50. The van der Waals surface area contributed by atoms with Gasteiger partial charge in [-0.15, -0.1) is 0 Å². The van der Waals surface area contributed by atoms with Gasteiger partial charge in [0.1, 0.15) is 15.7 Å². The van der Waals surface area contributed by atoms with Crippen LogP contribution in [0.4, 0.5) is 0 Å². The number of hydrogen-bond acceptors (Lipinski definition) is 8. The highest BCUT2D eigenvalue weighted by Crippen LogP contribution is 2.37. The molecule has 0 aromatic rings. The smallest absolute Gasteiger partial charge is 0.112 e. The Morgan fingerprint density at radius 2 is 1.04 bits per heavy atom. The van der Waals surface area contributed by atoms with Gasteiger partial charge in [-0.1, -0.05) is 13.8 Å². The van der Waals surface area contributed by atoms with E-state index in [0.717, 1.165) is 0 Å². The minimum Gasteiger partial charge on any atom is -0.396 e. The summed E-state index contributed by atoms with van der Waals surface area (Å²) in [4.78, 5) is 0. The molecule has 2 saturated heterocycles.